The Labute approximate surface area is 134 Å². The molecule has 2 heteroatoms. The van der Waals surface area contributed by atoms with Gasteiger partial charge in [-0.25, -0.2) is 0 Å². The third kappa shape index (κ3) is 2.04. The van der Waals surface area contributed by atoms with Crippen LogP contribution in [0.4, 0.5) is 5.69 Å². The normalized spacial score (nSPS) is 13.5. The molecule has 0 saturated heterocycles. The summed E-state index contributed by atoms with van der Waals surface area (Å²) in [4.78, 5) is 5.54. The molecule has 2 aromatic carbocycles. The van der Waals surface area contributed by atoms with Crippen molar-refractivity contribution < 1.29 is 0 Å². The summed E-state index contributed by atoms with van der Waals surface area (Å²) in [6.07, 6.45) is 7.56. The maximum Gasteiger partial charge on any atom is 0.0701 e. The molecule has 0 unspecified atom stereocenters. The van der Waals surface area contributed by atoms with E-state index in [9.17, 15) is 0 Å². The lowest BCUT2D eigenvalue weighted by Crippen LogP contribution is -1.89. The Morgan fingerprint density at radius 2 is 1.82 bits per heavy atom. The van der Waals surface area contributed by atoms with Crippen molar-refractivity contribution in [2.24, 2.45) is 4.99 Å². The number of hydrogen-bond donors (Lipinski definition) is 0. The molecular weight excluding hydrogens is 286 g/mol. The highest BCUT2D eigenvalue weighted by molar-refractivity contribution is 7.20. The molecular formula is C20H15NS. The van der Waals surface area contributed by atoms with E-state index in [1.54, 1.807) is 0 Å². The van der Waals surface area contributed by atoms with Gasteiger partial charge in [0.2, 0.25) is 0 Å². The molecule has 0 saturated carbocycles. The number of nitrogens with zero attached hydrogens (tertiary/aromatic N) is 1. The third-order valence-electron chi connectivity index (χ3n) is 4.03. The van der Waals surface area contributed by atoms with Crippen molar-refractivity contribution in [3.05, 3.63) is 82.8 Å². The van der Waals surface area contributed by atoms with Crippen molar-refractivity contribution in [2.45, 2.75) is 6.42 Å². The maximum atomic E-state index is 4.19. The Morgan fingerprint density at radius 3 is 2.73 bits per heavy atom. The number of fused-ring (bicyclic) bond motifs is 3. The molecule has 0 N–H and O–H groups in total. The van der Waals surface area contributed by atoms with Crippen LogP contribution in [0.15, 0.2) is 71.8 Å². The van der Waals surface area contributed by atoms with E-state index < -0.39 is 0 Å². The molecule has 1 nitrogen and oxygen atoms in total. The van der Waals surface area contributed by atoms with Crippen molar-refractivity contribution in [3.8, 4) is 0 Å². The van der Waals surface area contributed by atoms with E-state index in [1.807, 2.05) is 23.5 Å². The number of rotatable bonds is 2. The van der Waals surface area contributed by atoms with Crippen LogP contribution in [-0.2, 0) is 6.42 Å². The zero-order valence-electron chi connectivity index (χ0n) is 12.1. The first-order chi connectivity index (χ1) is 10.9. The van der Waals surface area contributed by atoms with Gasteiger partial charge in [-0.15, -0.1) is 11.3 Å². The number of allylic oxidation sites excluding steroid dienone is 3. The standard InChI is InChI=1S/C20H15NS/c1-21-18-12-6-4-8-14(18)16-10-2-3-11-17-15-9-5-7-13-19(15)22-20(16)17/h2-10,12-13H,1,11H2. The molecule has 4 rings (SSSR count). The molecule has 0 amide bonds. The first-order valence-electron chi connectivity index (χ1n) is 7.32. The van der Waals surface area contributed by atoms with Crippen LogP contribution in [0.2, 0.25) is 0 Å². The summed E-state index contributed by atoms with van der Waals surface area (Å²) in [5, 5.41) is 1.36. The second-order valence-corrected chi connectivity index (χ2v) is 6.35. The number of thiophene rings is 1. The minimum absolute atomic E-state index is 0.937. The van der Waals surface area contributed by atoms with Crippen LogP contribution in [0, 0.1) is 0 Å². The van der Waals surface area contributed by atoms with E-state index in [1.165, 1.54) is 26.1 Å². The van der Waals surface area contributed by atoms with E-state index >= 15 is 0 Å². The van der Waals surface area contributed by atoms with Gasteiger partial charge in [-0.2, -0.15) is 0 Å². The molecule has 1 heterocycles. The Bertz CT molecular complexity index is 928. The van der Waals surface area contributed by atoms with Crippen LogP contribution in [0.5, 0.6) is 0 Å². The molecule has 0 aliphatic heterocycles. The van der Waals surface area contributed by atoms with Gasteiger partial charge in [-0.1, -0.05) is 54.6 Å². The molecule has 1 aliphatic rings. The van der Waals surface area contributed by atoms with Gasteiger partial charge in [0.25, 0.3) is 0 Å². The molecule has 0 atom stereocenters. The van der Waals surface area contributed by atoms with E-state index in [-0.39, 0.29) is 0 Å². The second-order valence-electron chi connectivity index (χ2n) is 5.29. The highest BCUT2D eigenvalue weighted by Crippen LogP contribution is 2.42. The van der Waals surface area contributed by atoms with Gasteiger partial charge in [-0.3, -0.25) is 4.99 Å². The summed E-state index contributed by atoms with van der Waals surface area (Å²) < 4.78 is 1.35. The first-order valence-corrected chi connectivity index (χ1v) is 8.14. The van der Waals surface area contributed by atoms with Crippen molar-refractivity contribution in [1.29, 1.82) is 0 Å². The number of benzene rings is 2. The fourth-order valence-corrected chi connectivity index (χ4v) is 4.27. The van der Waals surface area contributed by atoms with E-state index in [4.69, 9.17) is 0 Å². The van der Waals surface area contributed by atoms with Crippen LogP contribution >= 0.6 is 11.3 Å². The lowest BCUT2D eigenvalue weighted by atomic mass is 9.98. The molecule has 0 spiro atoms. The fraction of sp³-hybridized carbons (Fsp3) is 0.0500. The zero-order valence-corrected chi connectivity index (χ0v) is 12.9. The molecule has 0 bridgehead atoms. The summed E-state index contributed by atoms with van der Waals surface area (Å²) in [6.45, 7) is 3.72. The van der Waals surface area contributed by atoms with Gasteiger partial charge < -0.3 is 0 Å². The van der Waals surface area contributed by atoms with Crippen molar-refractivity contribution >= 4 is 39.4 Å². The van der Waals surface area contributed by atoms with E-state index in [0.29, 0.717) is 0 Å². The molecule has 0 radical (unpaired) electrons. The van der Waals surface area contributed by atoms with E-state index in [2.05, 4.69) is 66.3 Å². The smallest absolute Gasteiger partial charge is 0.0701 e. The lowest BCUT2D eigenvalue weighted by Gasteiger charge is -2.09. The minimum Gasteiger partial charge on any atom is -0.264 e. The van der Waals surface area contributed by atoms with Crippen LogP contribution in [0.3, 0.4) is 0 Å². The molecule has 22 heavy (non-hydrogen) atoms. The zero-order chi connectivity index (χ0) is 14.9. The van der Waals surface area contributed by atoms with Crippen molar-refractivity contribution in [1.82, 2.24) is 0 Å². The number of para-hydroxylation sites is 1. The van der Waals surface area contributed by atoms with Crippen molar-refractivity contribution in [3.63, 3.8) is 0 Å². The second kappa shape index (κ2) is 5.39. The predicted molar refractivity (Wildman–Crippen MR) is 97.4 cm³/mol. The summed E-state index contributed by atoms with van der Waals surface area (Å²) in [5.41, 5.74) is 4.75. The Kier molecular flexibility index (Phi) is 3.24. The average molecular weight is 301 g/mol. The molecule has 1 aliphatic carbocycles. The van der Waals surface area contributed by atoms with Crippen molar-refractivity contribution in [2.75, 3.05) is 0 Å². The van der Waals surface area contributed by atoms with Gasteiger partial charge in [0.1, 0.15) is 0 Å². The Balaban J connectivity index is 2.01. The summed E-state index contributed by atoms with van der Waals surface area (Å²) >= 11 is 1.86. The third-order valence-corrected chi connectivity index (χ3v) is 5.27. The molecule has 0 fully saturated rings. The summed E-state index contributed by atoms with van der Waals surface area (Å²) in [5.74, 6) is 0. The molecule has 106 valence electrons. The van der Waals surface area contributed by atoms with Crippen LogP contribution in [-0.4, -0.2) is 6.72 Å². The SMILES string of the molecule is C=Nc1ccccc1C1=CC=CCc2c1sc1ccccc21. The number of aliphatic imine (C=N–C) groups is 1. The van der Waals surface area contributed by atoms with Gasteiger partial charge in [0.05, 0.1) is 5.69 Å². The molecule has 3 aromatic rings. The predicted octanol–water partition coefficient (Wildman–Crippen LogP) is 5.78. The lowest BCUT2D eigenvalue weighted by molar-refractivity contribution is 1.32. The largest absolute Gasteiger partial charge is 0.264 e. The Morgan fingerprint density at radius 1 is 1.00 bits per heavy atom. The highest BCUT2D eigenvalue weighted by Gasteiger charge is 2.18. The number of hydrogen-bond acceptors (Lipinski definition) is 2. The first kappa shape index (κ1) is 13.2. The maximum absolute atomic E-state index is 4.19. The summed E-state index contributed by atoms with van der Waals surface area (Å²) in [7, 11) is 0. The van der Waals surface area contributed by atoms with E-state index in [0.717, 1.165) is 17.7 Å². The summed E-state index contributed by atoms with van der Waals surface area (Å²) in [6, 6.07) is 16.9. The average Bonchev–Trinajstić information content (AvgIpc) is 2.81. The monoisotopic (exact) mass is 301 g/mol. The van der Waals surface area contributed by atoms with Gasteiger partial charge in [0.15, 0.2) is 0 Å². The highest BCUT2D eigenvalue weighted by atomic mass is 32.1. The van der Waals surface area contributed by atoms with Gasteiger partial charge >= 0.3 is 0 Å². The molecule has 1 aromatic heterocycles. The van der Waals surface area contributed by atoms with Crippen LogP contribution in [0.25, 0.3) is 15.7 Å². The van der Waals surface area contributed by atoms with Crippen LogP contribution in [0.1, 0.15) is 16.0 Å². The fourth-order valence-electron chi connectivity index (χ4n) is 3.00. The van der Waals surface area contributed by atoms with Crippen LogP contribution < -0.4 is 0 Å². The van der Waals surface area contributed by atoms with Gasteiger partial charge in [-0.05, 0) is 36.2 Å². The quantitative estimate of drug-likeness (QED) is 0.532. The minimum atomic E-state index is 0.937. The Hall–Kier alpha value is -2.45. The topological polar surface area (TPSA) is 12.4 Å². The van der Waals surface area contributed by atoms with Gasteiger partial charge in [0, 0.05) is 20.7 Å².